The van der Waals surface area contributed by atoms with Gasteiger partial charge in [0, 0.05) is 19.6 Å². The van der Waals surface area contributed by atoms with E-state index >= 15 is 0 Å². The minimum Gasteiger partial charge on any atom is -0.480 e. The molecule has 0 aliphatic rings. The maximum absolute atomic E-state index is 13.3. The average molecular weight is 600 g/mol. The highest BCUT2D eigenvalue weighted by Crippen LogP contribution is 2.09. The van der Waals surface area contributed by atoms with Crippen LogP contribution in [0.25, 0.3) is 0 Å². The number of carbonyl (C=O) groups excluding carboxylic acids is 3. The average Bonchev–Trinajstić information content (AvgIpc) is 2.88. The highest BCUT2D eigenvalue weighted by Gasteiger charge is 2.30. The Morgan fingerprint density at radius 1 is 0.619 bits per heavy atom. The number of carbonyl (C=O) groups is 4. The number of nitrogens with two attached hydrogens (primary N) is 7. The van der Waals surface area contributed by atoms with Gasteiger partial charge < -0.3 is 61.2 Å². The third-order valence-electron chi connectivity index (χ3n) is 5.78. The molecule has 3 amide bonds. The van der Waals surface area contributed by atoms with Gasteiger partial charge in [-0.3, -0.25) is 29.4 Å². The molecule has 0 spiro atoms. The highest BCUT2D eigenvalue weighted by molar-refractivity contribution is 5.94. The summed E-state index contributed by atoms with van der Waals surface area (Å²) in [5.74, 6) is -3.53. The Morgan fingerprint density at radius 3 is 1.43 bits per heavy atom. The fourth-order valence-corrected chi connectivity index (χ4v) is 3.71. The lowest BCUT2D eigenvalue weighted by Crippen LogP contribution is -2.57. The van der Waals surface area contributed by atoms with E-state index in [-0.39, 0.29) is 69.0 Å². The molecule has 0 radical (unpaired) electrons. The predicted octanol–water partition coefficient (Wildman–Crippen LogP) is -3.94. The van der Waals surface area contributed by atoms with Crippen LogP contribution in [0.15, 0.2) is 15.0 Å². The van der Waals surface area contributed by atoms with Gasteiger partial charge in [-0.2, -0.15) is 0 Å². The van der Waals surface area contributed by atoms with E-state index in [4.69, 9.17) is 40.1 Å². The van der Waals surface area contributed by atoms with Crippen LogP contribution in [0.5, 0.6) is 0 Å². The summed E-state index contributed by atoms with van der Waals surface area (Å²) in [7, 11) is 0. The van der Waals surface area contributed by atoms with Gasteiger partial charge in [0.2, 0.25) is 17.7 Å². The van der Waals surface area contributed by atoms with E-state index in [2.05, 4.69) is 30.9 Å². The molecule has 0 aliphatic heterocycles. The molecule has 0 saturated heterocycles. The first-order valence-corrected chi connectivity index (χ1v) is 13.7. The van der Waals surface area contributed by atoms with Gasteiger partial charge in [0.1, 0.15) is 18.1 Å². The number of rotatable bonds is 21. The smallest absolute Gasteiger partial charge is 0.326 e. The van der Waals surface area contributed by atoms with E-state index in [0.717, 1.165) is 0 Å². The van der Waals surface area contributed by atoms with Crippen LogP contribution in [-0.4, -0.2) is 90.5 Å². The van der Waals surface area contributed by atoms with Crippen molar-refractivity contribution in [2.24, 2.45) is 61.0 Å². The Hall–Kier alpha value is -4.35. The van der Waals surface area contributed by atoms with Crippen molar-refractivity contribution in [3.8, 4) is 0 Å². The number of guanidine groups is 3. The van der Waals surface area contributed by atoms with Crippen molar-refractivity contribution in [1.82, 2.24) is 16.0 Å². The predicted molar refractivity (Wildman–Crippen MR) is 161 cm³/mol. The molecule has 0 heterocycles. The number of amides is 3. The van der Waals surface area contributed by atoms with E-state index in [0.29, 0.717) is 19.4 Å². The first kappa shape index (κ1) is 37.6. The maximum Gasteiger partial charge on any atom is 0.326 e. The molecular weight excluding hydrogens is 550 g/mol. The molecule has 240 valence electrons. The van der Waals surface area contributed by atoms with Gasteiger partial charge in [-0.05, 0) is 50.9 Å². The number of carboxylic acids is 1. The van der Waals surface area contributed by atoms with Gasteiger partial charge in [-0.1, -0.05) is 13.8 Å². The van der Waals surface area contributed by atoms with Crippen molar-refractivity contribution >= 4 is 41.6 Å². The van der Waals surface area contributed by atoms with Crippen LogP contribution in [0, 0.1) is 5.92 Å². The quantitative estimate of drug-likeness (QED) is 0.0342. The number of hydrogen-bond acceptors (Lipinski definition) is 8. The van der Waals surface area contributed by atoms with Crippen molar-refractivity contribution in [2.45, 2.75) is 83.0 Å². The summed E-state index contributed by atoms with van der Waals surface area (Å²) in [5, 5.41) is 17.3. The molecule has 18 N–H and O–H groups in total. The highest BCUT2D eigenvalue weighted by atomic mass is 16.4. The Kier molecular flexibility index (Phi) is 18.4. The lowest BCUT2D eigenvalue weighted by molar-refractivity contribution is -0.142. The number of carboxylic acid groups (broad SMARTS) is 1. The fourth-order valence-electron chi connectivity index (χ4n) is 3.71. The second kappa shape index (κ2) is 20.5. The lowest BCUT2D eigenvalue weighted by Gasteiger charge is -2.26. The SMILES string of the molecule is CC(C)C[C@H](NC(=O)[C@@H](N)CCCN=C(N)N)C(=O)N[C@@H](CCCN=C(N)N)C(=O)N[C@@H](CCCN=C(N)N)C(=O)O. The minimum absolute atomic E-state index is 0.00473. The van der Waals surface area contributed by atoms with Crippen molar-refractivity contribution in [2.75, 3.05) is 19.6 Å². The van der Waals surface area contributed by atoms with Gasteiger partial charge in [0.25, 0.3) is 0 Å². The number of aliphatic imine (C=N–C) groups is 3. The van der Waals surface area contributed by atoms with Gasteiger partial charge in [-0.15, -0.1) is 0 Å². The summed E-state index contributed by atoms with van der Waals surface area (Å²) in [5.41, 5.74) is 37.8. The molecule has 0 bridgehead atoms. The van der Waals surface area contributed by atoms with Gasteiger partial charge in [0.05, 0.1) is 6.04 Å². The second-order valence-corrected chi connectivity index (χ2v) is 10.1. The summed E-state index contributed by atoms with van der Waals surface area (Å²) < 4.78 is 0. The molecule has 0 fully saturated rings. The third-order valence-corrected chi connectivity index (χ3v) is 5.78. The molecule has 0 aromatic rings. The standard InChI is InChI=1S/C24H49N13O5/c1-13(2)12-17(37-18(38)14(25)6-3-9-32-22(26)27)20(40)35-15(7-4-10-33-23(28)29)19(39)36-16(21(41)42)8-5-11-34-24(30)31/h13-17H,3-12,25H2,1-2H3,(H,35,40)(H,36,39)(H,37,38)(H,41,42)(H4,26,27,32)(H4,28,29,33)(H4,30,31,34)/t14-,15-,16-,17-/m0/s1. The summed E-state index contributed by atoms with van der Waals surface area (Å²) in [6, 6.07) is -4.34. The minimum atomic E-state index is -1.27. The van der Waals surface area contributed by atoms with Crippen molar-refractivity contribution < 1.29 is 24.3 Å². The molecule has 4 atom stereocenters. The monoisotopic (exact) mass is 599 g/mol. The fraction of sp³-hybridized carbons (Fsp3) is 0.708. The first-order valence-electron chi connectivity index (χ1n) is 13.7. The Labute approximate surface area is 245 Å². The molecule has 0 aromatic heterocycles. The van der Waals surface area contributed by atoms with Crippen LogP contribution < -0.4 is 56.1 Å². The Bertz CT molecular complexity index is 958. The third kappa shape index (κ3) is 18.1. The number of hydrogen-bond donors (Lipinski definition) is 11. The van der Waals surface area contributed by atoms with E-state index in [1.54, 1.807) is 0 Å². The Balaban J connectivity index is 5.61. The van der Waals surface area contributed by atoms with Crippen LogP contribution in [0.1, 0.15) is 58.8 Å². The van der Waals surface area contributed by atoms with Crippen LogP contribution in [-0.2, 0) is 19.2 Å². The van der Waals surface area contributed by atoms with Crippen molar-refractivity contribution in [3.63, 3.8) is 0 Å². The lowest BCUT2D eigenvalue weighted by atomic mass is 10.0. The van der Waals surface area contributed by atoms with E-state index in [9.17, 15) is 24.3 Å². The Morgan fingerprint density at radius 2 is 1.00 bits per heavy atom. The molecule has 0 aliphatic carbocycles. The zero-order valence-corrected chi connectivity index (χ0v) is 24.4. The van der Waals surface area contributed by atoms with Gasteiger partial charge in [-0.25, -0.2) is 4.79 Å². The molecular formula is C24H49N13O5. The van der Waals surface area contributed by atoms with Gasteiger partial charge >= 0.3 is 5.97 Å². The normalized spacial score (nSPS) is 13.5. The van der Waals surface area contributed by atoms with E-state index in [1.807, 2.05) is 13.8 Å². The molecule has 18 nitrogen and oxygen atoms in total. The van der Waals surface area contributed by atoms with E-state index < -0.39 is 47.9 Å². The van der Waals surface area contributed by atoms with Crippen LogP contribution in [0.3, 0.4) is 0 Å². The number of aliphatic carboxylic acids is 1. The van der Waals surface area contributed by atoms with Crippen LogP contribution in [0.4, 0.5) is 0 Å². The second-order valence-electron chi connectivity index (χ2n) is 10.1. The zero-order valence-electron chi connectivity index (χ0n) is 24.4. The first-order chi connectivity index (χ1) is 19.6. The molecule has 18 heteroatoms. The summed E-state index contributed by atoms with van der Waals surface area (Å²) in [4.78, 5) is 62.5. The zero-order chi connectivity index (χ0) is 32.2. The summed E-state index contributed by atoms with van der Waals surface area (Å²) >= 11 is 0. The number of nitrogens with one attached hydrogen (secondary N) is 3. The van der Waals surface area contributed by atoms with Crippen molar-refractivity contribution in [3.05, 3.63) is 0 Å². The van der Waals surface area contributed by atoms with E-state index in [1.165, 1.54) is 0 Å². The molecule has 0 aromatic carbocycles. The van der Waals surface area contributed by atoms with Crippen molar-refractivity contribution in [1.29, 1.82) is 0 Å². The molecule has 0 rings (SSSR count). The van der Waals surface area contributed by atoms with Crippen LogP contribution >= 0.6 is 0 Å². The van der Waals surface area contributed by atoms with Crippen LogP contribution in [0.2, 0.25) is 0 Å². The summed E-state index contributed by atoms with van der Waals surface area (Å²) in [6.45, 7) is 4.36. The molecule has 0 saturated carbocycles. The topological polar surface area (TPSA) is 344 Å². The number of nitrogens with zero attached hydrogens (tertiary/aromatic N) is 3. The maximum atomic E-state index is 13.3. The summed E-state index contributed by atoms with van der Waals surface area (Å²) in [6.07, 6.45) is 1.67. The molecule has 42 heavy (non-hydrogen) atoms. The largest absolute Gasteiger partial charge is 0.480 e. The molecule has 0 unspecified atom stereocenters. The van der Waals surface area contributed by atoms with Gasteiger partial charge in [0.15, 0.2) is 17.9 Å².